The summed E-state index contributed by atoms with van der Waals surface area (Å²) < 4.78 is 0. The Hall–Kier alpha value is -0.570. The molecule has 13 heavy (non-hydrogen) atoms. The lowest BCUT2D eigenvalue weighted by atomic mass is 9.97. The van der Waals surface area contributed by atoms with Gasteiger partial charge in [0.15, 0.2) is 0 Å². The van der Waals surface area contributed by atoms with Gasteiger partial charge in [-0.05, 0) is 32.1 Å². The van der Waals surface area contributed by atoms with Crippen LogP contribution in [-0.4, -0.2) is 22.6 Å². The van der Waals surface area contributed by atoms with E-state index in [9.17, 15) is 0 Å². The zero-order valence-corrected chi connectivity index (χ0v) is 8.61. The maximum absolute atomic E-state index is 9.09. The summed E-state index contributed by atoms with van der Waals surface area (Å²) in [4.78, 5) is 0. The molecule has 0 aliphatic heterocycles. The molecule has 0 aromatic carbocycles. The van der Waals surface area contributed by atoms with Gasteiger partial charge in [0.2, 0.25) is 0 Å². The van der Waals surface area contributed by atoms with Gasteiger partial charge >= 0.3 is 0 Å². The van der Waals surface area contributed by atoms with E-state index in [-0.39, 0.29) is 6.10 Å². The van der Waals surface area contributed by atoms with E-state index >= 15 is 0 Å². The predicted octanol–water partition coefficient (Wildman–Crippen LogP) is 2.41. The minimum atomic E-state index is -0.254. The smallest absolute Gasteiger partial charge is 0.0512 e. The summed E-state index contributed by atoms with van der Waals surface area (Å²) in [6.07, 6.45) is 6.37. The second-order valence-electron chi connectivity index (χ2n) is 3.59. The van der Waals surface area contributed by atoms with Crippen molar-refractivity contribution in [2.75, 3.05) is 0 Å². The molecule has 0 aromatic heterocycles. The first-order valence-electron chi connectivity index (χ1n) is 5.06. The zero-order valence-electron chi connectivity index (χ0n) is 8.61. The van der Waals surface area contributed by atoms with Crippen molar-refractivity contribution in [1.82, 2.24) is 0 Å². The van der Waals surface area contributed by atoms with E-state index in [1.807, 2.05) is 0 Å². The number of aliphatic hydroxyl groups is 1. The first-order valence-corrected chi connectivity index (χ1v) is 5.06. The number of hydrogen-bond donors (Lipinski definition) is 2. The van der Waals surface area contributed by atoms with Crippen molar-refractivity contribution >= 4 is 6.21 Å². The van der Waals surface area contributed by atoms with Crippen molar-refractivity contribution < 1.29 is 10.3 Å². The van der Waals surface area contributed by atoms with Crippen LogP contribution in [0.2, 0.25) is 0 Å². The fourth-order valence-electron chi connectivity index (χ4n) is 1.31. The maximum Gasteiger partial charge on any atom is 0.0512 e. The average Bonchev–Trinajstić information content (AvgIpc) is 2.09. The number of unbranched alkanes of at least 4 members (excludes halogenated alkanes) is 1. The third kappa shape index (κ3) is 7.78. The second kappa shape index (κ2) is 8.05. The average molecular weight is 187 g/mol. The predicted molar refractivity (Wildman–Crippen MR) is 54.2 cm³/mol. The molecule has 0 amide bonds. The highest BCUT2D eigenvalue weighted by atomic mass is 16.4. The molecule has 0 heterocycles. The van der Waals surface area contributed by atoms with Crippen molar-refractivity contribution in [2.45, 2.75) is 52.1 Å². The van der Waals surface area contributed by atoms with Crippen LogP contribution in [0.1, 0.15) is 46.0 Å². The summed E-state index contributed by atoms with van der Waals surface area (Å²) >= 11 is 0. The van der Waals surface area contributed by atoms with Crippen molar-refractivity contribution in [1.29, 1.82) is 0 Å². The van der Waals surface area contributed by atoms with Crippen molar-refractivity contribution in [3.63, 3.8) is 0 Å². The lowest BCUT2D eigenvalue weighted by Gasteiger charge is -2.11. The standard InChI is InChI=1S/C10H21NO2/c1-3-4-5-10(8-11-13)7-6-9(2)12/h8-10,12-13H,3-7H2,1-2H3. The molecule has 0 saturated carbocycles. The summed E-state index contributed by atoms with van der Waals surface area (Å²) in [7, 11) is 0. The molecular formula is C10H21NO2. The fraction of sp³-hybridized carbons (Fsp3) is 0.900. The molecule has 0 aliphatic rings. The lowest BCUT2D eigenvalue weighted by molar-refractivity contribution is 0.177. The van der Waals surface area contributed by atoms with Gasteiger partial charge < -0.3 is 10.3 Å². The Bertz CT molecular complexity index is 135. The molecule has 0 bridgehead atoms. The van der Waals surface area contributed by atoms with Crippen molar-refractivity contribution in [3.05, 3.63) is 0 Å². The first-order chi connectivity index (χ1) is 6.20. The van der Waals surface area contributed by atoms with Crippen LogP contribution in [0.5, 0.6) is 0 Å². The third-order valence-corrected chi connectivity index (χ3v) is 2.16. The molecule has 0 aromatic rings. The lowest BCUT2D eigenvalue weighted by Crippen LogP contribution is -2.07. The highest BCUT2D eigenvalue weighted by Gasteiger charge is 2.07. The molecular weight excluding hydrogens is 166 g/mol. The Morgan fingerprint density at radius 2 is 2.00 bits per heavy atom. The topological polar surface area (TPSA) is 52.8 Å². The van der Waals surface area contributed by atoms with Gasteiger partial charge in [0.1, 0.15) is 0 Å². The molecule has 2 N–H and O–H groups in total. The van der Waals surface area contributed by atoms with E-state index in [0.717, 1.165) is 32.1 Å². The molecule has 0 radical (unpaired) electrons. The Morgan fingerprint density at radius 3 is 2.46 bits per heavy atom. The van der Waals surface area contributed by atoms with Crippen LogP contribution in [0.15, 0.2) is 5.16 Å². The van der Waals surface area contributed by atoms with Crippen LogP contribution in [0.25, 0.3) is 0 Å². The van der Waals surface area contributed by atoms with Crippen LogP contribution < -0.4 is 0 Å². The molecule has 2 atom stereocenters. The molecule has 0 aliphatic carbocycles. The minimum absolute atomic E-state index is 0.254. The Morgan fingerprint density at radius 1 is 1.31 bits per heavy atom. The van der Waals surface area contributed by atoms with E-state index in [1.54, 1.807) is 13.1 Å². The Balaban J connectivity index is 3.66. The quantitative estimate of drug-likeness (QED) is 0.365. The van der Waals surface area contributed by atoms with Gasteiger partial charge in [-0.3, -0.25) is 0 Å². The molecule has 0 fully saturated rings. The third-order valence-electron chi connectivity index (χ3n) is 2.16. The SMILES string of the molecule is CCCCC(C=NO)CCC(C)O. The maximum atomic E-state index is 9.09. The highest BCUT2D eigenvalue weighted by molar-refractivity contribution is 5.59. The Labute approximate surface area is 80.5 Å². The van der Waals surface area contributed by atoms with E-state index in [2.05, 4.69) is 12.1 Å². The number of hydrogen-bond acceptors (Lipinski definition) is 3. The van der Waals surface area contributed by atoms with Gasteiger partial charge in [0.05, 0.1) is 6.10 Å². The monoisotopic (exact) mass is 187 g/mol. The number of oxime groups is 1. The van der Waals surface area contributed by atoms with Crippen LogP contribution in [0.4, 0.5) is 0 Å². The zero-order chi connectivity index (χ0) is 10.1. The molecule has 3 nitrogen and oxygen atoms in total. The van der Waals surface area contributed by atoms with E-state index < -0.39 is 0 Å². The van der Waals surface area contributed by atoms with Crippen LogP contribution >= 0.6 is 0 Å². The van der Waals surface area contributed by atoms with Gasteiger partial charge in [-0.2, -0.15) is 0 Å². The summed E-state index contributed by atoms with van der Waals surface area (Å²) in [6.45, 7) is 3.93. The van der Waals surface area contributed by atoms with Gasteiger partial charge in [-0.25, -0.2) is 0 Å². The molecule has 0 spiro atoms. The van der Waals surface area contributed by atoms with Crippen LogP contribution in [-0.2, 0) is 0 Å². The first kappa shape index (κ1) is 12.4. The van der Waals surface area contributed by atoms with Crippen molar-refractivity contribution in [3.8, 4) is 0 Å². The van der Waals surface area contributed by atoms with Crippen LogP contribution in [0, 0.1) is 5.92 Å². The van der Waals surface area contributed by atoms with Gasteiger partial charge in [-0.1, -0.05) is 19.8 Å². The summed E-state index contributed by atoms with van der Waals surface area (Å²) in [6, 6.07) is 0. The summed E-state index contributed by atoms with van der Waals surface area (Å²) in [5.74, 6) is 0.319. The highest BCUT2D eigenvalue weighted by Crippen LogP contribution is 2.14. The van der Waals surface area contributed by atoms with Crippen molar-refractivity contribution in [2.24, 2.45) is 11.1 Å². The molecule has 2 unspecified atom stereocenters. The largest absolute Gasteiger partial charge is 0.411 e. The number of aliphatic hydroxyl groups excluding tert-OH is 1. The molecule has 0 rings (SSSR count). The van der Waals surface area contributed by atoms with E-state index in [4.69, 9.17) is 10.3 Å². The minimum Gasteiger partial charge on any atom is -0.411 e. The van der Waals surface area contributed by atoms with Gasteiger partial charge in [-0.15, -0.1) is 5.16 Å². The second-order valence-corrected chi connectivity index (χ2v) is 3.59. The Kier molecular flexibility index (Phi) is 7.69. The van der Waals surface area contributed by atoms with E-state index in [0.29, 0.717) is 5.92 Å². The van der Waals surface area contributed by atoms with Crippen LogP contribution in [0.3, 0.4) is 0 Å². The van der Waals surface area contributed by atoms with Gasteiger partial charge in [0, 0.05) is 6.21 Å². The van der Waals surface area contributed by atoms with E-state index in [1.165, 1.54) is 0 Å². The number of nitrogens with zero attached hydrogens (tertiary/aromatic N) is 1. The summed E-state index contributed by atoms with van der Waals surface area (Å²) in [5.41, 5.74) is 0. The molecule has 3 heteroatoms. The normalized spacial score (nSPS) is 16.2. The molecule has 78 valence electrons. The summed E-state index contributed by atoms with van der Waals surface area (Å²) in [5, 5.41) is 20.6. The molecule has 0 saturated heterocycles. The number of rotatable bonds is 7. The fourth-order valence-corrected chi connectivity index (χ4v) is 1.31. The van der Waals surface area contributed by atoms with Gasteiger partial charge in [0.25, 0.3) is 0 Å².